The average molecular weight is 379 g/mol. The summed E-state index contributed by atoms with van der Waals surface area (Å²) in [7, 11) is 2.97. The molecule has 0 aliphatic rings. The van der Waals surface area contributed by atoms with E-state index in [-0.39, 0.29) is 22.8 Å². The maximum atomic E-state index is 13.3. The third-order valence-electron chi connectivity index (χ3n) is 4.12. The number of phenols is 1. The van der Waals surface area contributed by atoms with Crippen LogP contribution in [0.25, 0.3) is 0 Å². The maximum absolute atomic E-state index is 13.3. The van der Waals surface area contributed by atoms with Gasteiger partial charge < -0.3 is 19.3 Å². The van der Waals surface area contributed by atoms with Crippen molar-refractivity contribution in [1.82, 2.24) is 0 Å². The van der Waals surface area contributed by atoms with Gasteiger partial charge in [-0.05, 0) is 49.6 Å². The summed E-state index contributed by atoms with van der Waals surface area (Å²) in [6.07, 6.45) is 0.751. The molecule has 0 spiro atoms. The summed E-state index contributed by atoms with van der Waals surface area (Å²) >= 11 is 6.19. The van der Waals surface area contributed by atoms with Gasteiger partial charge in [0.25, 0.3) is 0 Å². The van der Waals surface area contributed by atoms with Crippen LogP contribution in [-0.2, 0) is 0 Å². The molecule has 0 saturated carbocycles. The molecule has 0 radical (unpaired) electrons. The van der Waals surface area contributed by atoms with Crippen molar-refractivity contribution in [2.45, 2.75) is 27.2 Å². The lowest BCUT2D eigenvalue weighted by molar-refractivity contribution is 0.103. The molecule has 0 amide bonds. The lowest BCUT2D eigenvalue weighted by Gasteiger charge is -2.18. The van der Waals surface area contributed by atoms with Gasteiger partial charge in [-0.25, -0.2) is 0 Å². The summed E-state index contributed by atoms with van der Waals surface area (Å²) in [6.45, 7) is 5.80. The molecule has 0 atom stereocenters. The van der Waals surface area contributed by atoms with Crippen molar-refractivity contribution >= 4 is 17.4 Å². The van der Waals surface area contributed by atoms with E-state index < -0.39 is 0 Å². The quantitative estimate of drug-likeness (QED) is 0.707. The molecule has 6 heteroatoms. The lowest BCUT2D eigenvalue weighted by Crippen LogP contribution is -2.10. The smallest absolute Gasteiger partial charge is 0.204 e. The number of ketones is 1. The normalized spacial score (nSPS) is 10.5. The number of benzene rings is 2. The molecule has 0 heterocycles. The molecule has 0 fully saturated rings. The Balaban J connectivity index is 2.69. The van der Waals surface area contributed by atoms with E-state index >= 15 is 0 Å². The third kappa shape index (κ3) is 3.58. The third-order valence-corrected chi connectivity index (χ3v) is 4.53. The summed E-state index contributed by atoms with van der Waals surface area (Å²) in [5.41, 5.74) is 1.60. The van der Waals surface area contributed by atoms with Crippen molar-refractivity contribution in [3.63, 3.8) is 0 Å². The Bertz CT molecular complexity index is 830. The Labute approximate surface area is 158 Å². The molecular weight excluding hydrogens is 356 g/mol. The molecule has 2 rings (SSSR count). The van der Waals surface area contributed by atoms with Gasteiger partial charge in [0.1, 0.15) is 5.75 Å². The predicted octanol–water partition coefficient (Wildman–Crippen LogP) is 4.70. The number of hydrogen-bond acceptors (Lipinski definition) is 5. The van der Waals surface area contributed by atoms with Gasteiger partial charge >= 0.3 is 0 Å². The number of carbonyl (C=O) groups is 1. The standard InChI is InChI=1S/C20H23ClO5/c1-6-9-26-20-15(25-5)10-11(2)16(19(20)23)18(22)17-12(3)13(21)7-8-14(17)24-4/h7-8,10,23H,6,9H2,1-5H3. The summed E-state index contributed by atoms with van der Waals surface area (Å²) in [5.74, 6) is 0.284. The number of aromatic hydroxyl groups is 1. The van der Waals surface area contributed by atoms with Gasteiger partial charge in [-0.1, -0.05) is 18.5 Å². The summed E-state index contributed by atoms with van der Waals surface area (Å²) in [4.78, 5) is 13.3. The fraction of sp³-hybridized carbons (Fsp3) is 0.350. The van der Waals surface area contributed by atoms with Crippen LogP contribution in [0.1, 0.15) is 40.4 Å². The summed E-state index contributed by atoms with van der Waals surface area (Å²) in [5, 5.41) is 11.2. The van der Waals surface area contributed by atoms with E-state index in [1.165, 1.54) is 14.2 Å². The van der Waals surface area contributed by atoms with E-state index in [9.17, 15) is 9.90 Å². The Hall–Kier alpha value is -2.40. The van der Waals surface area contributed by atoms with Crippen LogP contribution in [0.3, 0.4) is 0 Å². The zero-order valence-electron chi connectivity index (χ0n) is 15.6. The van der Waals surface area contributed by atoms with Gasteiger partial charge in [-0.15, -0.1) is 0 Å². The minimum atomic E-state index is -0.388. The first-order valence-corrected chi connectivity index (χ1v) is 8.66. The van der Waals surface area contributed by atoms with E-state index in [0.717, 1.165) is 6.42 Å². The van der Waals surface area contributed by atoms with Gasteiger partial charge in [0, 0.05) is 5.02 Å². The molecule has 26 heavy (non-hydrogen) atoms. The number of hydrogen-bond donors (Lipinski definition) is 1. The van der Waals surface area contributed by atoms with Crippen LogP contribution in [-0.4, -0.2) is 31.7 Å². The first-order chi connectivity index (χ1) is 12.4. The minimum absolute atomic E-state index is 0.139. The largest absolute Gasteiger partial charge is 0.504 e. The molecule has 140 valence electrons. The van der Waals surface area contributed by atoms with Crippen molar-refractivity contribution in [2.75, 3.05) is 20.8 Å². The van der Waals surface area contributed by atoms with E-state index in [0.29, 0.717) is 39.8 Å². The molecule has 0 aliphatic carbocycles. The molecule has 0 saturated heterocycles. The van der Waals surface area contributed by atoms with Crippen molar-refractivity contribution in [3.8, 4) is 23.0 Å². The van der Waals surface area contributed by atoms with E-state index in [1.807, 2.05) is 6.92 Å². The summed E-state index contributed by atoms with van der Waals surface area (Å²) < 4.78 is 16.2. The average Bonchev–Trinajstić information content (AvgIpc) is 2.62. The molecule has 2 aromatic carbocycles. The van der Waals surface area contributed by atoms with Crippen LogP contribution in [0.2, 0.25) is 5.02 Å². The Kier molecular flexibility index (Phi) is 6.37. The van der Waals surface area contributed by atoms with E-state index in [1.54, 1.807) is 32.0 Å². The maximum Gasteiger partial charge on any atom is 0.204 e. The molecule has 0 aliphatic heterocycles. The SMILES string of the molecule is CCCOc1c(OC)cc(C)c(C(=O)c2c(OC)ccc(Cl)c2C)c1O. The van der Waals surface area contributed by atoms with Crippen LogP contribution in [0, 0.1) is 13.8 Å². The number of methoxy groups -OCH3 is 2. The van der Waals surface area contributed by atoms with Gasteiger partial charge in [0.2, 0.25) is 11.5 Å². The second-order valence-electron chi connectivity index (χ2n) is 5.88. The molecule has 5 nitrogen and oxygen atoms in total. The highest BCUT2D eigenvalue weighted by atomic mass is 35.5. The number of halogens is 1. The zero-order valence-corrected chi connectivity index (χ0v) is 16.4. The van der Waals surface area contributed by atoms with Crippen molar-refractivity contribution in [2.24, 2.45) is 0 Å². The van der Waals surface area contributed by atoms with Crippen LogP contribution in [0.15, 0.2) is 18.2 Å². The fourth-order valence-corrected chi connectivity index (χ4v) is 2.93. The van der Waals surface area contributed by atoms with Crippen molar-refractivity contribution < 1.29 is 24.1 Å². The highest BCUT2D eigenvalue weighted by Crippen LogP contribution is 2.43. The number of ether oxygens (including phenoxy) is 3. The number of aryl methyl sites for hydroxylation is 1. The zero-order chi connectivity index (χ0) is 19.4. The number of rotatable bonds is 7. The lowest BCUT2D eigenvalue weighted by atomic mass is 9.93. The van der Waals surface area contributed by atoms with Crippen molar-refractivity contribution in [3.05, 3.63) is 45.5 Å². The van der Waals surface area contributed by atoms with Gasteiger partial charge in [-0.3, -0.25) is 4.79 Å². The highest BCUT2D eigenvalue weighted by molar-refractivity contribution is 6.32. The molecule has 1 N–H and O–H groups in total. The Morgan fingerprint density at radius 1 is 1.12 bits per heavy atom. The Morgan fingerprint density at radius 2 is 1.77 bits per heavy atom. The van der Waals surface area contributed by atoms with Gasteiger partial charge in [-0.2, -0.15) is 0 Å². The Morgan fingerprint density at radius 3 is 2.35 bits per heavy atom. The molecule has 2 aromatic rings. The molecular formula is C20H23ClO5. The first-order valence-electron chi connectivity index (χ1n) is 8.28. The molecule has 0 bridgehead atoms. The van der Waals surface area contributed by atoms with Crippen LogP contribution in [0.4, 0.5) is 0 Å². The van der Waals surface area contributed by atoms with E-state index in [2.05, 4.69) is 0 Å². The number of phenolic OH excluding ortho intramolecular Hbond substituents is 1. The molecule has 0 unspecified atom stereocenters. The predicted molar refractivity (Wildman–Crippen MR) is 101 cm³/mol. The second-order valence-corrected chi connectivity index (χ2v) is 6.28. The second kappa shape index (κ2) is 8.32. The summed E-state index contributed by atoms with van der Waals surface area (Å²) in [6, 6.07) is 4.97. The van der Waals surface area contributed by atoms with Crippen molar-refractivity contribution in [1.29, 1.82) is 0 Å². The minimum Gasteiger partial charge on any atom is -0.504 e. The molecule has 0 aromatic heterocycles. The van der Waals surface area contributed by atoms with Crippen LogP contribution >= 0.6 is 11.6 Å². The fourth-order valence-electron chi connectivity index (χ4n) is 2.77. The topological polar surface area (TPSA) is 65.0 Å². The van der Waals surface area contributed by atoms with Gasteiger partial charge in [0.15, 0.2) is 11.5 Å². The number of carbonyl (C=O) groups excluding carboxylic acids is 1. The first kappa shape index (κ1) is 19.9. The van der Waals surface area contributed by atoms with Gasteiger partial charge in [0.05, 0.1) is 32.0 Å². The monoisotopic (exact) mass is 378 g/mol. The van der Waals surface area contributed by atoms with Crippen LogP contribution < -0.4 is 14.2 Å². The van der Waals surface area contributed by atoms with Crippen LogP contribution in [0.5, 0.6) is 23.0 Å². The van der Waals surface area contributed by atoms with E-state index in [4.69, 9.17) is 25.8 Å². The highest BCUT2D eigenvalue weighted by Gasteiger charge is 2.27.